The van der Waals surface area contributed by atoms with Gasteiger partial charge in [0.2, 0.25) is 0 Å². The summed E-state index contributed by atoms with van der Waals surface area (Å²) in [6.07, 6.45) is 4.83. The maximum Gasteiger partial charge on any atom is 0.339 e. The minimum absolute atomic E-state index is 0.0556. The van der Waals surface area contributed by atoms with E-state index in [0.717, 1.165) is 25.7 Å². The number of benzene rings is 1. The normalized spacial score (nSPS) is 15.8. The van der Waals surface area contributed by atoms with E-state index in [9.17, 15) is 19.7 Å². The molecule has 0 heterocycles. The molecular formula is C16H20N2O5S. The minimum Gasteiger partial charge on any atom is -0.449 e. The number of nitrogens with zero attached hydrogens (tertiary/aromatic N) is 1. The minimum atomic E-state index is -0.947. The predicted molar refractivity (Wildman–Crippen MR) is 90.2 cm³/mol. The third-order valence-corrected chi connectivity index (χ3v) is 4.75. The fraction of sp³-hybridized carbons (Fsp3) is 0.500. The van der Waals surface area contributed by atoms with E-state index >= 15 is 0 Å². The summed E-state index contributed by atoms with van der Waals surface area (Å²) in [5.41, 5.74) is -0.0972. The van der Waals surface area contributed by atoms with Gasteiger partial charge in [-0.05, 0) is 38.2 Å². The average molecular weight is 352 g/mol. The molecule has 130 valence electrons. The van der Waals surface area contributed by atoms with Gasteiger partial charge in [-0.1, -0.05) is 12.8 Å². The highest BCUT2D eigenvalue weighted by molar-refractivity contribution is 7.98. The number of nitro benzene ring substituents is 1. The molecule has 8 heteroatoms. The van der Waals surface area contributed by atoms with Crippen LogP contribution in [0.15, 0.2) is 23.1 Å². The molecule has 24 heavy (non-hydrogen) atoms. The summed E-state index contributed by atoms with van der Waals surface area (Å²) < 4.78 is 5.14. The van der Waals surface area contributed by atoms with E-state index in [-0.39, 0.29) is 23.2 Å². The molecule has 1 amide bonds. The molecule has 0 unspecified atom stereocenters. The van der Waals surface area contributed by atoms with Crippen LogP contribution in [0.25, 0.3) is 0 Å². The summed E-state index contributed by atoms with van der Waals surface area (Å²) >= 11 is 1.22. The Bertz CT molecular complexity index is 643. The number of amides is 1. The largest absolute Gasteiger partial charge is 0.449 e. The standard InChI is InChI=1S/C16H20N2O5S/c1-10(15(19)17-12-5-3-4-6-12)23-16(20)11-7-8-14(24-2)13(9-11)18(21)22/h7-10,12H,3-6H2,1-2H3,(H,17,19)/t10-/m0/s1. The molecule has 0 radical (unpaired) electrons. The van der Waals surface area contributed by atoms with Crippen molar-refractivity contribution >= 4 is 29.3 Å². The Morgan fingerprint density at radius 2 is 2.04 bits per heavy atom. The number of rotatable bonds is 6. The summed E-state index contributed by atoms with van der Waals surface area (Å²) in [5.74, 6) is -1.09. The van der Waals surface area contributed by atoms with Crippen LogP contribution in [0, 0.1) is 10.1 Å². The zero-order chi connectivity index (χ0) is 17.7. The Morgan fingerprint density at radius 3 is 2.62 bits per heavy atom. The number of nitro groups is 1. The highest BCUT2D eigenvalue weighted by Gasteiger charge is 2.24. The maximum atomic E-state index is 12.1. The number of ether oxygens (including phenoxy) is 1. The van der Waals surface area contributed by atoms with Gasteiger partial charge in [0.15, 0.2) is 6.10 Å². The number of carbonyl (C=O) groups excluding carboxylic acids is 2. The maximum absolute atomic E-state index is 12.1. The van der Waals surface area contributed by atoms with E-state index in [1.807, 2.05) is 0 Å². The molecule has 1 aliphatic rings. The van der Waals surface area contributed by atoms with Crippen LogP contribution in [-0.4, -0.2) is 35.2 Å². The van der Waals surface area contributed by atoms with E-state index in [4.69, 9.17) is 4.74 Å². The second-order valence-electron chi connectivity index (χ2n) is 5.68. The number of thioether (sulfide) groups is 1. The molecular weight excluding hydrogens is 332 g/mol. The fourth-order valence-electron chi connectivity index (χ4n) is 2.63. The van der Waals surface area contributed by atoms with E-state index in [1.165, 1.54) is 36.9 Å². The summed E-state index contributed by atoms with van der Waals surface area (Å²) in [6, 6.07) is 4.28. The van der Waals surface area contributed by atoms with E-state index in [2.05, 4.69) is 5.32 Å². The van der Waals surface area contributed by atoms with Crippen molar-refractivity contribution in [3.8, 4) is 0 Å². The van der Waals surface area contributed by atoms with Crippen molar-refractivity contribution < 1.29 is 19.2 Å². The Hall–Kier alpha value is -2.09. The molecule has 0 spiro atoms. The zero-order valence-corrected chi connectivity index (χ0v) is 14.4. The first kappa shape index (κ1) is 18.3. The molecule has 1 saturated carbocycles. The van der Waals surface area contributed by atoms with Crippen molar-refractivity contribution in [3.05, 3.63) is 33.9 Å². The molecule has 1 N–H and O–H groups in total. The number of carbonyl (C=O) groups is 2. The molecule has 1 atom stereocenters. The first-order valence-electron chi connectivity index (χ1n) is 7.76. The van der Waals surface area contributed by atoms with Gasteiger partial charge in [-0.15, -0.1) is 11.8 Å². The van der Waals surface area contributed by atoms with Crippen LogP contribution in [0.5, 0.6) is 0 Å². The molecule has 7 nitrogen and oxygen atoms in total. The lowest BCUT2D eigenvalue weighted by molar-refractivity contribution is -0.387. The second-order valence-corrected chi connectivity index (χ2v) is 6.53. The number of nitrogens with one attached hydrogen (secondary N) is 1. The lowest BCUT2D eigenvalue weighted by atomic mass is 10.2. The van der Waals surface area contributed by atoms with Gasteiger partial charge in [-0.25, -0.2) is 4.79 Å². The van der Waals surface area contributed by atoms with Crippen LogP contribution < -0.4 is 5.32 Å². The van der Waals surface area contributed by atoms with E-state index in [1.54, 1.807) is 6.26 Å². The van der Waals surface area contributed by atoms with Gasteiger partial charge in [0.05, 0.1) is 15.4 Å². The molecule has 1 aromatic rings. The quantitative estimate of drug-likeness (QED) is 0.366. The van der Waals surface area contributed by atoms with Crippen LogP contribution in [0.3, 0.4) is 0 Å². The first-order chi connectivity index (χ1) is 11.4. The smallest absolute Gasteiger partial charge is 0.339 e. The summed E-state index contributed by atoms with van der Waals surface area (Å²) in [4.78, 5) is 35.2. The van der Waals surface area contributed by atoms with Gasteiger partial charge in [-0.2, -0.15) is 0 Å². The predicted octanol–water partition coefficient (Wildman–Crippen LogP) is 2.92. The van der Waals surface area contributed by atoms with Gasteiger partial charge in [0.25, 0.3) is 11.6 Å². The van der Waals surface area contributed by atoms with Crippen molar-refractivity contribution in [2.45, 2.75) is 49.6 Å². The Labute approximate surface area is 144 Å². The SMILES string of the molecule is CSc1ccc(C(=O)O[C@@H](C)C(=O)NC2CCCC2)cc1[N+](=O)[O-]. The van der Waals surface area contributed by atoms with E-state index in [0.29, 0.717) is 4.90 Å². The van der Waals surface area contributed by atoms with Crippen molar-refractivity contribution in [3.63, 3.8) is 0 Å². The molecule has 0 aromatic heterocycles. The summed E-state index contributed by atoms with van der Waals surface area (Å²) in [6.45, 7) is 1.49. The number of hydrogen-bond donors (Lipinski definition) is 1. The molecule has 1 aromatic carbocycles. The highest BCUT2D eigenvalue weighted by atomic mass is 32.2. The number of hydrogen-bond acceptors (Lipinski definition) is 6. The fourth-order valence-corrected chi connectivity index (χ4v) is 3.18. The molecule has 1 aliphatic carbocycles. The van der Waals surface area contributed by atoms with Crippen LogP contribution in [0.1, 0.15) is 43.0 Å². The third kappa shape index (κ3) is 4.47. The second kappa shape index (κ2) is 8.14. The topological polar surface area (TPSA) is 98.5 Å². The molecule has 2 rings (SSSR count). The average Bonchev–Trinajstić information content (AvgIpc) is 3.06. The van der Waals surface area contributed by atoms with Crippen molar-refractivity contribution in [1.29, 1.82) is 0 Å². The lowest BCUT2D eigenvalue weighted by Gasteiger charge is -2.17. The summed E-state index contributed by atoms with van der Waals surface area (Å²) in [5, 5.41) is 13.9. The van der Waals surface area contributed by atoms with Gasteiger partial charge < -0.3 is 10.1 Å². The first-order valence-corrected chi connectivity index (χ1v) is 8.98. The summed E-state index contributed by atoms with van der Waals surface area (Å²) in [7, 11) is 0. The van der Waals surface area contributed by atoms with Gasteiger partial charge in [0.1, 0.15) is 0 Å². The Kier molecular flexibility index (Phi) is 6.19. The van der Waals surface area contributed by atoms with Crippen molar-refractivity contribution in [2.75, 3.05) is 6.26 Å². The van der Waals surface area contributed by atoms with Crippen LogP contribution in [-0.2, 0) is 9.53 Å². The van der Waals surface area contributed by atoms with Crippen LogP contribution in [0.2, 0.25) is 0 Å². The lowest BCUT2D eigenvalue weighted by Crippen LogP contribution is -2.40. The van der Waals surface area contributed by atoms with Crippen LogP contribution >= 0.6 is 11.8 Å². The molecule has 0 bridgehead atoms. The molecule has 0 saturated heterocycles. The van der Waals surface area contributed by atoms with Gasteiger partial charge in [-0.3, -0.25) is 14.9 Å². The van der Waals surface area contributed by atoms with Crippen LogP contribution in [0.4, 0.5) is 5.69 Å². The highest BCUT2D eigenvalue weighted by Crippen LogP contribution is 2.28. The zero-order valence-electron chi connectivity index (χ0n) is 13.6. The Morgan fingerprint density at radius 1 is 1.38 bits per heavy atom. The number of esters is 1. The third-order valence-electron chi connectivity index (χ3n) is 3.97. The molecule has 0 aliphatic heterocycles. The molecule has 1 fully saturated rings. The van der Waals surface area contributed by atoms with E-state index < -0.39 is 17.0 Å². The Balaban J connectivity index is 2.01. The van der Waals surface area contributed by atoms with Gasteiger partial charge >= 0.3 is 5.97 Å². The monoisotopic (exact) mass is 352 g/mol. The van der Waals surface area contributed by atoms with Gasteiger partial charge in [0, 0.05) is 12.1 Å². The van der Waals surface area contributed by atoms with Crippen molar-refractivity contribution in [1.82, 2.24) is 5.32 Å². The van der Waals surface area contributed by atoms with Crippen molar-refractivity contribution in [2.24, 2.45) is 0 Å².